The zero-order valence-corrected chi connectivity index (χ0v) is 11.8. The van der Waals surface area contributed by atoms with Crippen LogP contribution in [0.15, 0.2) is 54.6 Å². The van der Waals surface area contributed by atoms with E-state index in [-0.39, 0.29) is 5.92 Å². The van der Waals surface area contributed by atoms with Crippen LogP contribution in [0.5, 0.6) is 0 Å². The van der Waals surface area contributed by atoms with Crippen molar-refractivity contribution in [1.82, 2.24) is 0 Å². The lowest BCUT2D eigenvalue weighted by molar-refractivity contribution is -0.121. The topological polar surface area (TPSA) is 40.9 Å². The summed E-state index contributed by atoms with van der Waals surface area (Å²) in [6.45, 7) is 0. The van der Waals surface area contributed by atoms with Gasteiger partial charge in [0.2, 0.25) is 0 Å². The maximum Gasteiger partial charge on any atom is 0.133 e. The fourth-order valence-electron chi connectivity index (χ4n) is 3.26. The summed E-state index contributed by atoms with van der Waals surface area (Å²) in [5.74, 6) is 0.965. The van der Waals surface area contributed by atoms with E-state index in [9.17, 15) is 4.79 Å². The molecule has 1 fully saturated rings. The predicted octanol–water partition coefficient (Wildman–Crippen LogP) is 4.18. The van der Waals surface area contributed by atoms with Gasteiger partial charge < -0.3 is 0 Å². The Morgan fingerprint density at radius 3 is 2.24 bits per heavy atom. The predicted molar refractivity (Wildman–Crippen MR) is 81.9 cm³/mol. The van der Waals surface area contributed by atoms with Crippen LogP contribution in [0.2, 0.25) is 0 Å². The molecule has 0 saturated heterocycles. The first kappa shape index (κ1) is 13.6. The number of nitriles is 1. The first-order valence-electron chi connectivity index (χ1n) is 7.34. The van der Waals surface area contributed by atoms with Gasteiger partial charge in [0.15, 0.2) is 0 Å². The number of Topliss-reactive ketones (excluding diaryl/α,β-unsaturated/α-hetero) is 1. The van der Waals surface area contributed by atoms with Gasteiger partial charge in [-0.2, -0.15) is 5.26 Å². The van der Waals surface area contributed by atoms with Crippen LogP contribution in [-0.2, 0) is 4.79 Å². The normalized spacial score (nSPS) is 21.8. The second-order valence-corrected chi connectivity index (χ2v) is 5.64. The molecule has 0 N–H and O–H groups in total. The van der Waals surface area contributed by atoms with Crippen molar-refractivity contribution < 1.29 is 4.79 Å². The number of hydrogen-bond acceptors (Lipinski definition) is 2. The summed E-state index contributed by atoms with van der Waals surface area (Å²) in [6.07, 6.45) is 2.17. The van der Waals surface area contributed by atoms with E-state index in [2.05, 4.69) is 18.2 Å². The van der Waals surface area contributed by atoms with E-state index in [1.165, 1.54) is 11.1 Å². The van der Waals surface area contributed by atoms with E-state index in [0.717, 1.165) is 6.42 Å². The molecular weight excluding hydrogens is 258 g/mol. The number of hydrogen-bond donors (Lipinski definition) is 0. The molecule has 0 amide bonds. The number of ketones is 1. The molecule has 2 aromatic carbocycles. The molecule has 0 aliphatic heterocycles. The highest BCUT2D eigenvalue weighted by Crippen LogP contribution is 2.42. The maximum absolute atomic E-state index is 11.9. The van der Waals surface area contributed by atoms with E-state index in [4.69, 9.17) is 5.26 Å². The average Bonchev–Trinajstić information content (AvgIpc) is 2.56. The number of carbonyl (C=O) groups excluding carboxylic acids is 1. The van der Waals surface area contributed by atoms with Gasteiger partial charge in [-0.05, 0) is 41.5 Å². The Kier molecular flexibility index (Phi) is 3.83. The maximum atomic E-state index is 11.9. The van der Waals surface area contributed by atoms with Gasteiger partial charge in [0.05, 0.1) is 11.6 Å². The lowest BCUT2D eigenvalue weighted by atomic mass is 9.72. The van der Waals surface area contributed by atoms with Crippen molar-refractivity contribution in [3.8, 4) is 6.07 Å². The summed E-state index contributed by atoms with van der Waals surface area (Å²) in [4.78, 5) is 11.9. The zero-order chi connectivity index (χ0) is 14.7. The van der Waals surface area contributed by atoms with Crippen LogP contribution in [0.25, 0.3) is 0 Å². The Morgan fingerprint density at radius 2 is 1.57 bits per heavy atom. The standard InChI is InChI=1S/C19H17NO/c20-13-14-6-8-16(9-7-14)18-11-10-17(21)12-19(18)15-4-2-1-3-5-15/h1-9,18-19H,10-12H2. The third-order valence-corrected chi connectivity index (χ3v) is 4.36. The molecule has 2 heteroatoms. The van der Waals surface area contributed by atoms with Crippen molar-refractivity contribution in [3.63, 3.8) is 0 Å². The van der Waals surface area contributed by atoms with Crippen LogP contribution < -0.4 is 0 Å². The molecule has 0 spiro atoms. The fourth-order valence-corrected chi connectivity index (χ4v) is 3.26. The highest BCUT2D eigenvalue weighted by molar-refractivity contribution is 5.80. The molecule has 0 bridgehead atoms. The van der Waals surface area contributed by atoms with Crippen LogP contribution >= 0.6 is 0 Å². The summed E-state index contributed by atoms with van der Waals surface area (Å²) < 4.78 is 0. The average molecular weight is 275 g/mol. The minimum atomic E-state index is 0.250. The number of rotatable bonds is 2. The van der Waals surface area contributed by atoms with Gasteiger partial charge in [0.25, 0.3) is 0 Å². The van der Waals surface area contributed by atoms with Crippen LogP contribution in [0.1, 0.15) is 47.8 Å². The minimum absolute atomic E-state index is 0.250. The van der Waals surface area contributed by atoms with Gasteiger partial charge in [-0.1, -0.05) is 42.5 Å². The molecule has 21 heavy (non-hydrogen) atoms. The number of nitrogens with zero attached hydrogens (tertiary/aromatic N) is 1. The third kappa shape index (κ3) is 2.87. The first-order valence-corrected chi connectivity index (χ1v) is 7.34. The molecule has 2 nitrogen and oxygen atoms in total. The molecule has 2 unspecified atom stereocenters. The Labute approximate surface area is 125 Å². The Morgan fingerprint density at radius 1 is 0.905 bits per heavy atom. The molecule has 1 aliphatic carbocycles. The highest BCUT2D eigenvalue weighted by atomic mass is 16.1. The fraction of sp³-hybridized carbons (Fsp3) is 0.263. The van der Waals surface area contributed by atoms with Crippen molar-refractivity contribution in [2.45, 2.75) is 31.1 Å². The van der Waals surface area contributed by atoms with Crippen molar-refractivity contribution in [2.24, 2.45) is 0 Å². The summed E-state index contributed by atoms with van der Waals surface area (Å²) in [7, 11) is 0. The molecule has 1 saturated carbocycles. The van der Waals surface area contributed by atoms with Crippen LogP contribution in [0, 0.1) is 11.3 Å². The molecule has 0 radical (unpaired) electrons. The molecule has 2 atom stereocenters. The Hall–Kier alpha value is -2.40. The summed E-state index contributed by atoms with van der Waals surface area (Å²) in [5, 5.41) is 8.91. The molecule has 2 aromatic rings. The van der Waals surface area contributed by atoms with Crippen LogP contribution in [0.3, 0.4) is 0 Å². The van der Waals surface area contributed by atoms with Crippen LogP contribution in [0.4, 0.5) is 0 Å². The lowest BCUT2D eigenvalue weighted by Gasteiger charge is -2.31. The second kappa shape index (κ2) is 5.93. The highest BCUT2D eigenvalue weighted by Gasteiger charge is 2.31. The largest absolute Gasteiger partial charge is 0.300 e. The molecule has 0 aromatic heterocycles. The molecule has 0 heterocycles. The number of benzene rings is 2. The van der Waals surface area contributed by atoms with E-state index in [1.807, 2.05) is 42.5 Å². The molecule has 1 aliphatic rings. The van der Waals surface area contributed by atoms with Gasteiger partial charge in [0, 0.05) is 12.8 Å². The Balaban J connectivity index is 1.94. The van der Waals surface area contributed by atoms with E-state index in [0.29, 0.717) is 30.1 Å². The van der Waals surface area contributed by atoms with Crippen molar-refractivity contribution >= 4 is 5.78 Å². The molecule has 104 valence electrons. The van der Waals surface area contributed by atoms with Crippen molar-refractivity contribution in [2.75, 3.05) is 0 Å². The van der Waals surface area contributed by atoms with E-state index >= 15 is 0 Å². The quantitative estimate of drug-likeness (QED) is 0.825. The van der Waals surface area contributed by atoms with E-state index < -0.39 is 0 Å². The van der Waals surface area contributed by atoms with Crippen molar-refractivity contribution in [1.29, 1.82) is 5.26 Å². The summed E-state index contributed by atoms with van der Waals surface area (Å²) in [6, 6.07) is 20.3. The van der Waals surface area contributed by atoms with Crippen molar-refractivity contribution in [3.05, 3.63) is 71.3 Å². The van der Waals surface area contributed by atoms with Gasteiger partial charge in [-0.15, -0.1) is 0 Å². The third-order valence-electron chi connectivity index (χ3n) is 4.36. The lowest BCUT2D eigenvalue weighted by Crippen LogP contribution is -2.22. The SMILES string of the molecule is N#Cc1ccc(C2CCC(=O)CC2c2ccccc2)cc1. The number of carbonyl (C=O) groups is 1. The molecule has 3 rings (SSSR count). The monoisotopic (exact) mass is 275 g/mol. The van der Waals surface area contributed by atoms with E-state index in [1.54, 1.807) is 0 Å². The smallest absolute Gasteiger partial charge is 0.133 e. The van der Waals surface area contributed by atoms with Gasteiger partial charge in [-0.3, -0.25) is 4.79 Å². The first-order chi connectivity index (χ1) is 10.3. The van der Waals surface area contributed by atoms with Crippen LogP contribution in [-0.4, -0.2) is 5.78 Å². The van der Waals surface area contributed by atoms with Gasteiger partial charge >= 0.3 is 0 Å². The molecular formula is C19H17NO. The zero-order valence-electron chi connectivity index (χ0n) is 11.8. The summed E-state index contributed by atoms with van der Waals surface area (Å²) in [5.41, 5.74) is 3.15. The van der Waals surface area contributed by atoms with Gasteiger partial charge in [-0.25, -0.2) is 0 Å². The second-order valence-electron chi connectivity index (χ2n) is 5.64. The van der Waals surface area contributed by atoms with Gasteiger partial charge in [0.1, 0.15) is 5.78 Å². The Bertz CT molecular complexity index is 667. The summed E-state index contributed by atoms with van der Waals surface area (Å²) >= 11 is 0. The minimum Gasteiger partial charge on any atom is -0.300 e.